The molecule has 0 unspecified atom stereocenters. The van der Waals surface area contributed by atoms with E-state index in [4.69, 9.17) is 5.73 Å². The average Bonchev–Trinajstić information content (AvgIpc) is 2.18. The summed E-state index contributed by atoms with van der Waals surface area (Å²) < 4.78 is 2.77. The zero-order valence-electron chi connectivity index (χ0n) is 6.69. The largest absolute Gasteiger partial charge is 0.345 e. The lowest BCUT2D eigenvalue weighted by Gasteiger charge is -2.01. The Hall–Kier alpha value is -1.10. The Morgan fingerprint density at radius 3 is 2.82 bits per heavy atom. The minimum absolute atomic E-state index is 0.0393. The second-order valence-electron chi connectivity index (χ2n) is 2.68. The number of aromatic nitrogens is 3. The van der Waals surface area contributed by atoms with Crippen molar-refractivity contribution in [3.63, 3.8) is 0 Å². The molecule has 5 heteroatoms. The zero-order chi connectivity index (χ0) is 8.43. The molecule has 0 saturated heterocycles. The quantitative estimate of drug-likeness (QED) is 0.593. The lowest BCUT2D eigenvalue weighted by atomic mass is 10.4. The fraction of sp³-hybridized carbons (Fsp3) is 0.667. The van der Waals surface area contributed by atoms with Gasteiger partial charge in [-0.25, -0.2) is 9.48 Å². The number of nitrogens with zero attached hydrogens (tertiary/aromatic N) is 3. The van der Waals surface area contributed by atoms with Crippen molar-refractivity contribution < 1.29 is 0 Å². The van der Waals surface area contributed by atoms with Gasteiger partial charge in [-0.1, -0.05) is 0 Å². The average molecular weight is 156 g/mol. The fourth-order valence-corrected chi connectivity index (χ4v) is 0.819. The highest BCUT2D eigenvalue weighted by atomic mass is 16.2. The monoisotopic (exact) mass is 156 g/mol. The van der Waals surface area contributed by atoms with Crippen LogP contribution in [-0.2, 0) is 13.6 Å². The Kier molecular flexibility index (Phi) is 2.09. The van der Waals surface area contributed by atoms with Crippen LogP contribution in [-0.4, -0.2) is 20.4 Å². The van der Waals surface area contributed by atoms with E-state index in [0.717, 1.165) is 0 Å². The third-order valence-corrected chi connectivity index (χ3v) is 1.35. The highest BCUT2D eigenvalue weighted by Crippen LogP contribution is 1.80. The first-order valence-electron chi connectivity index (χ1n) is 3.45. The molecule has 11 heavy (non-hydrogen) atoms. The summed E-state index contributed by atoms with van der Waals surface area (Å²) in [4.78, 5) is 11.1. The summed E-state index contributed by atoms with van der Waals surface area (Å²) in [6, 6.07) is -0.0393. The minimum atomic E-state index is -0.123. The molecular weight excluding hydrogens is 144 g/mol. The normalized spacial score (nSPS) is 13.4. The highest BCUT2D eigenvalue weighted by Gasteiger charge is 2.02. The van der Waals surface area contributed by atoms with Crippen LogP contribution < -0.4 is 11.4 Å². The Labute approximate surface area is 64.4 Å². The van der Waals surface area contributed by atoms with Crippen molar-refractivity contribution in [3.8, 4) is 0 Å². The summed E-state index contributed by atoms with van der Waals surface area (Å²) >= 11 is 0. The lowest BCUT2D eigenvalue weighted by Crippen LogP contribution is -2.31. The van der Waals surface area contributed by atoms with Crippen LogP contribution in [0.1, 0.15) is 6.92 Å². The van der Waals surface area contributed by atoms with Gasteiger partial charge in [0.05, 0.1) is 6.54 Å². The fourth-order valence-electron chi connectivity index (χ4n) is 0.819. The van der Waals surface area contributed by atoms with Crippen molar-refractivity contribution in [1.29, 1.82) is 0 Å². The molecule has 0 amide bonds. The summed E-state index contributed by atoms with van der Waals surface area (Å²) in [5.41, 5.74) is 5.37. The van der Waals surface area contributed by atoms with E-state index in [1.165, 1.54) is 15.6 Å². The van der Waals surface area contributed by atoms with E-state index in [1.807, 2.05) is 6.92 Å². The standard InChI is InChI=1S/C6H12N4O/c1-5(7)3-10-6(11)9(2)4-8-10/h4-5H,3,7H2,1-2H3/t5-/m0/s1. The van der Waals surface area contributed by atoms with Crippen molar-refractivity contribution in [2.24, 2.45) is 12.8 Å². The maximum atomic E-state index is 11.1. The van der Waals surface area contributed by atoms with E-state index in [9.17, 15) is 4.79 Å². The van der Waals surface area contributed by atoms with Crippen LogP contribution in [0, 0.1) is 0 Å². The van der Waals surface area contributed by atoms with E-state index >= 15 is 0 Å². The van der Waals surface area contributed by atoms with Crippen LogP contribution in [0.2, 0.25) is 0 Å². The lowest BCUT2D eigenvalue weighted by molar-refractivity contribution is 0.519. The van der Waals surface area contributed by atoms with E-state index in [1.54, 1.807) is 7.05 Å². The Balaban J connectivity index is 2.88. The van der Waals surface area contributed by atoms with Gasteiger partial charge in [-0.15, -0.1) is 0 Å². The van der Waals surface area contributed by atoms with E-state index < -0.39 is 0 Å². The molecule has 0 fully saturated rings. The number of nitrogens with two attached hydrogens (primary N) is 1. The van der Waals surface area contributed by atoms with Crippen molar-refractivity contribution in [2.45, 2.75) is 19.5 Å². The number of aryl methyl sites for hydroxylation is 1. The Morgan fingerprint density at radius 2 is 2.45 bits per heavy atom. The molecule has 1 atom stereocenters. The summed E-state index contributed by atoms with van der Waals surface area (Å²) in [5, 5.41) is 3.84. The molecule has 1 heterocycles. The third-order valence-electron chi connectivity index (χ3n) is 1.35. The van der Waals surface area contributed by atoms with Gasteiger partial charge in [-0.3, -0.25) is 4.57 Å². The Bertz CT molecular complexity index is 285. The van der Waals surface area contributed by atoms with Crippen molar-refractivity contribution in [3.05, 3.63) is 16.8 Å². The van der Waals surface area contributed by atoms with Gasteiger partial charge < -0.3 is 5.73 Å². The van der Waals surface area contributed by atoms with E-state index in [-0.39, 0.29) is 11.7 Å². The smallest absolute Gasteiger partial charge is 0.326 e. The molecule has 1 aromatic rings. The van der Waals surface area contributed by atoms with Gasteiger partial charge in [0, 0.05) is 13.1 Å². The second kappa shape index (κ2) is 2.87. The first-order chi connectivity index (χ1) is 5.11. The van der Waals surface area contributed by atoms with Gasteiger partial charge in [0.2, 0.25) is 0 Å². The van der Waals surface area contributed by atoms with Gasteiger partial charge >= 0.3 is 5.69 Å². The zero-order valence-corrected chi connectivity index (χ0v) is 6.69. The molecule has 0 saturated carbocycles. The highest BCUT2D eigenvalue weighted by molar-refractivity contribution is 4.66. The maximum Gasteiger partial charge on any atom is 0.345 e. The summed E-state index contributed by atoms with van der Waals surface area (Å²) in [6.07, 6.45) is 1.48. The first kappa shape index (κ1) is 8.00. The molecule has 1 aromatic heterocycles. The third kappa shape index (κ3) is 1.68. The molecule has 5 nitrogen and oxygen atoms in total. The molecule has 0 aliphatic rings. The van der Waals surface area contributed by atoms with Crippen LogP contribution >= 0.6 is 0 Å². The van der Waals surface area contributed by atoms with Crippen LogP contribution in [0.4, 0.5) is 0 Å². The molecule has 0 radical (unpaired) electrons. The minimum Gasteiger partial charge on any atom is -0.326 e. The maximum absolute atomic E-state index is 11.1. The predicted molar refractivity (Wildman–Crippen MR) is 41.1 cm³/mol. The van der Waals surface area contributed by atoms with Gasteiger partial charge in [0.25, 0.3) is 0 Å². The summed E-state index contributed by atoms with van der Waals surface area (Å²) in [5.74, 6) is 0. The van der Waals surface area contributed by atoms with Crippen LogP contribution in [0.3, 0.4) is 0 Å². The second-order valence-corrected chi connectivity index (χ2v) is 2.68. The number of hydrogen-bond donors (Lipinski definition) is 1. The molecule has 0 spiro atoms. The molecule has 62 valence electrons. The molecule has 2 N–H and O–H groups in total. The first-order valence-corrected chi connectivity index (χ1v) is 3.45. The molecule has 0 bridgehead atoms. The summed E-state index contributed by atoms with van der Waals surface area (Å²) in [7, 11) is 1.66. The number of rotatable bonds is 2. The Morgan fingerprint density at radius 1 is 1.82 bits per heavy atom. The van der Waals surface area contributed by atoms with Gasteiger partial charge in [0.15, 0.2) is 0 Å². The molecular formula is C6H12N4O. The van der Waals surface area contributed by atoms with Crippen molar-refractivity contribution in [2.75, 3.05) is 0 Å². The van der Waals surface area contributed by atoms with Crippen LogP contribution in [0.5, 0.6) is 0 Å². The van der Waals surface area contributed by atoms with Gasteiger partial charge in [0.1, 0.15) is 6.33 Å². The van der Waals surface area contributed by atoms with Crippen molar-refractivity contribution >= 4 is 0 Å². The molecule has 0 aliphatic heterocycles. The molecule has 0 aromatic carbocycles. The summed E-state index contributed by atoms with van der Waals surface area (Å²) in [6.45, 7) is 2.31. The van der Waals surface area contributed by atoms with Gasteiger partial charge in [-0.2, -0.15) is 5.10 Å². The van der Waals surface area contributed by atoms with Crippen LogP contribution in [0.25, 0.3) is 0 Å². The van der Waals surface area contributed by atoms with Gasteiger partial charge in [-0.05, 0) is 6.92 Å². The topological polar surface area (TPSA) is 65.8 Å². The van der Waals surface area contributed by atoms with E-state index in [0.29, 0.717) is 6.54 Å². The van der Waals surface area contributed by atoms with Crippen LogP contribution in [0.15, 0.2) is 11.1 Å². The SMILES string of the molecule is C[C@H](N)Cn1ncn(C)c1=O. The van der Waals surface area contributed by atoms with Crippen molar-refractivity contribution in [1.82, 2.24) is 14.3 Å². The predicted octanol–water partition coefficient (Wildman–Crippen LogP) is -1.07. The van der Waals surface area contributed by atoms with E-state index in [2.05, 4.69) is 5.10 Å². The molecule has 0 aliphatic carbocycles. The number of hydrogen-bond acceptors (Lipinski definition) is 3. The molecule has 1 rings (SSSR count).